The van der Waals surface area contributed by atoms with E-state index in [-0.39, 0.29) is 68.5 Å². The van der Waals surface area contributed by atoms with E-state index in [9.17, 15) is 45.5 Å². The lowest BCUT2D eigenvalue weighted by Crippen LogP contribution is -2.28. The third-order valence-electron chi connectivity index (χ3n) is 10.4. The number of hydrogen-bond donors (Lipinski definition) is 7. The number of nitrogens with two attached hydrogens (primary N) is 1. The van der Waals surface area contributed by atoms with Crippen molar-refractivity contribution in [3.63, 3.8) is 0 Å². The highest BCUT2D eigenvalue weighted by Crippen LogP contribution is 2.32. The number of anilines is 2. The smallest absolute Gasteiger partial charge is 0.414 e. The van der Waals surface area contributed by atoms with Gasteiger partial charge in [0.2, 0.25) is 17.7 Å². The fourth-order valence-electron chi connectivity index (χ4n) is 6.64. The van der Waals surface area contributed by atoms with Gasteiger partial charge in [0.1, 0.15) is 5.84 Å². The Morgan fingerprint density at radius 3 is 1.82 bits per heavy atom. The van der Waals surface area contributed by atoms with Crippen LogP contribution in [-0.2, 0) is 41.9 Å². The molecule has 5 aromatic rings. The number of para-hydroxylation sites is 2. The molecule has 1 aromatic heterocycles. The van der Waals surface area contributed by atoms with Crippen molar-refractivity contribution in [1.82, 2.24) is 20.4 Å². The Kier molecular flexibility index (Phi) is 19.2. The van der Waals surface area contributed by atoms with Crippen LogP contribution >= 0.6 is 23.2 Å². The molecule has 4 atom stereocenters. The molecule has 2 aliphatic heterocycles. The van der Waals surface area contributed by atoms with Crippen molar-refractivity contribution in [2.24, 2.45) is 17.6 Å². The molecule has 0 spiro atoms. The molecular weight excluding hydrogens is 985 g/mol. The second kappa shape index (κ2) is 24.8. The Labute approximate surface area is 413 Å². The number of aliphatic carboxylic acids is 1. The molecule has 3 amide bonds. The highest BCUT2D eigenvalue weighted by atomic mass is 35.5. The molecule has 8 N–H and O–H groups in total. The van der Waals surface area contributed by atoms with Crippen molar-refractivity contribution in [3.8, 4) is 16.9 Å². The molecule has 3 heterocycles. The Morgan fingerprint density at radius 2 is 1.32 bits per heavy atom. The molecule has 71 heavy (non-hydrogen) atoms. The minimum Gasteiger partial charge on any atom is -0.481 e. The quantitative estimate of drug-likeness (QED) is 0.0299. The van der Waals surface area contributed by atoms with Crippen LogP contribution in [0.15, 0.2) is 109 Å². The van der Waals surface area contributed by atoms with Gasteiger partial charge in [-0.05, 0) is 91.2 Å². The zero-order chi connectivity index (χ0) is 52.0. The number of ether oxygens (including phenoxy) is 2. The van der Waals surface area contributed by atoms with E-state index >= 15 is 0 Å². The molecule has 0 saturated carbocycles. The summed E-state index contributed by atoms with van der Waals surface area (Å²) in [6.45, 7) is 1.88. The molecule has 0 unspecified atom stereocenters. The fourth-order valence-corrected chi connectivity index (χ4v) is 7.15. The summed E-state index contributed by atoms with van der Waals surface area (Å²) >= 11 is 12.4. The fraction of sp³-hybridized carbons (Fsp3) is 0.292. The first kappa shape index (κ1) is 55.0. The molecule has 2 saturated heterocycles. The van der Waals surface area contributed by atoms with E-state index in [1.165, 1.54) is 18.2 Å². The summed E-state index contributed by atoms with van der Waals surface area (Å²) in [6, 6.07) is 29.6. The number of nitrogens with one attached hydrogen (secondary N) is 5. The standard InChI is InChI=1S/C24H22ClF3N4O3.C19H19ClF3N3O.C5H7NO3/c1-14(24(26,27)28)35-13-15-7-16(9-18(25)8-15)20-11-21(30-23(34)17-10-22(33)29-12-17)31-32(20)19-5-3-2-4-6-19;1-12(19(21,22)23)27-11-13-7-14(9-15(20)8-13)17(10-18(24)25)26-16-5-3-2-4-6-16;7-4-1-3(2-6-4)5(8)9/h2-9,11,14,17H,10,12-13H2,1H3,(H,29,33)(H,30,31,34);2-10,12,26H,11H2,1H3,(H3,24,25);3H,1-2H2,(H,6,7)(H,8,9)/b;17-10-;/t14-,17+;12-;3-/m110/s1. The summed E-state index contributed by atoms with van der Waals surface area (Å²) in [7, 11) is 0. The van der Waals surface area contributed by atoms with Gasteiger partial charge in [-0.3, -0.25) is 24.6 Å². The van der Waals surface area contributed by atoms with Gasteiger partial charge in [-0.1, -0.05) is 59.6 Å². The minimum atomic E-state index is -4.47. The zero-order valence-electron chi connectivity index (χ0n) is 37.8. The molecule has 7 rings (SSSR count). The number of carboxylic acid groups (broad SMARTS) is 1. The number of carbonyl (C=O) groups excluding carboxylic acids is 3. The maximum absolute atomic E-state index is 12.8. The lowest BCUT2D eigenvalue weighted by atomic mass is 10.1. The predicted octanol–water partition coefficient (Wildman–Crippen LogP) is 9.14. The summed E-state index contributed by atoms with van der Waals surface area (Å²) in [5.74, 6) is -2.51. The van der Waals surface area contributed by atoms with E-state index in [0.29, 0.717) is 49.4 Å². The molecule has 4 aromatic carbocycles. The molecule has 378 valence electrons. The second-order valence-corrected chi connectivity index (χ2v) is 17.0. The molecular formula is C48H48Cl2F6N8O7. The Morgan fingerprint density at radius 1 is 0.803 bits per heavy atom. The number of rotatable bonds is 15. The van der Waals surface area contributed by atoms with Crippen molar-refractivity contribution in [3.05, 3.63) is 136 Å². The Hall–Kier alpha value is -6.94. The van der Waals surface area contributed by atoms with Gasteiger partial charge in [0.05, 0.1) is 36.4 Å². The summed E-state index contributed by atoms with van der Waals surface area (Å²) < 4.78 is 87.8. The van der Waals surface area contributed by atoms with E-state index in [1.807, 2.05) is 60.7 Å². The number of amidine groups is 1. The van der Waals surface area contributed by atoms with E-state index in [2.05, 4.69) is 26.4 Å². The second-order valence-electron chi connectivity index (χ2n) is 16.1. The maximum Gasteiger partial charge on any atom is 0.414 e. The zero-order valence-corrected chi connectivity index (χ0v) is 39.3. The molecule has 0 aliphatic carbocycles. The lowest BCUT2D eigenvalue weighted by molar-refractivity contribution is -0.217. The van der Waals surface area contributed by atoms with Gasteiger partial charge in [-0.2, -0.15) is 26.3 Å². The number of benzene rings is 4. The molecule has 0 radical (unpaired) electrons. The van der Waals surface area contributed by atoms with Crippen LogP contribution in [0.25, 0.3) is 22.6 Å². The third kappa shape index (κ3) is 17.2. The van der Waals surface area contributed by atoms with Gasteiger partial charge in [0, 0.05) is 65.1 Å². The van der Waals surface area contributed by atoms with E-state index < -0.39 is 42.4 Å². The van der Waals surface area contributed by atoms with Crippen molar-refractivity contribution in [2.45, 2.75) is 64.5 Å². The summed E-state index contributed by atoms with van der Waals surface area (Å²) in [4.78, 5) is 44.6. The largest absolute Gasteiger partial charge is 0.481 e. The Bertz CT molecular complexity index is 2710. The van der Waals surface area contributed by atoms with E-state index in [4.69, 9.17) is 48.9 Å². The van der Waals surface area contributed by atoms with Crippen LogP contribution in [0.5, 0.6) is 0 Å². The number of hydrogen-bond acceptors (Lipinski definition) is 9. The molecule has 0 bridgehead atoms. The molecule has 15 nitrogen and oxygen atoms in total. The van der Waals surface area contributed by atoms with Crippen LogP contribution in [0.4, 0.5) is 37.8 Å². The van der Waals surface area contributed by atoms with Gasteiger partial charge in [0.25, 0.3) is 0 Å². The average Bonchev–Trinajstić information content (AvgIpc) is 4.07. The number of nitrogens with zero attached hydrogens (tertiary/aromatic N) is 2. The van der Waals surface area contributed by atoms with Crippen molar-refractivity contribution in [1.29, 1.82) is 5.41 Å². The van der Waals surface area contributed by atoms with Gasteiger partial charge in [-0.15, -0.1) is 5.10 Å². The summed E-state index contributed by atoms with van der Waals surface area (Å²) in [6.07, 6.45) is -11.1. The van der Waals surface area contributed by atoms with Crippen LogP contribution in [-0.4, -0.2) is 82.1 Å². The number of carbonyl (C=O) groups is 4. The van der Waals surface area contributed by atoms with Crippen LogP contribution < -0.4 is 27.0 Å². The Balaban J connectivity index is 0.000000230. The molecule has 2 aliphatic rings. The number of halogens is 8. The first-order valence-electron chi connectivity index (χ1n) is 21.5. The number of aromatic nitrogens is 2. The first-order chi connectivity index (χ1) is 33.4. The number of carboxylic acids is 1. The summed E-state index contributed by atoms with van der Waals surface area (Å²) in [5.41, 5.74) is 10.1. The summed E-state index contributed by atoms with van der Waals surface area (Å²) in [5, 5.41) is 31.9. The number of amides is 3. The predicted molar refractivity (Wildman–Crippen MR) is 255 cm³/mol. The van der Waals surface area contributed by atoms with Gasteiger partial charge in [0.15, 0.2) is 18.0 Å². The minimum absolute atomic E-state index is 0.103. The van der Waals surface area contributed by atoms with Crippen LogP contribution in [0.1, 0.15) is 43.4 Å². The highest BCUT2D eigenvalue weighted by molar-refractivity contribution is 6.31. The van der Waals surface area contributed by atoms with Gasteiger partial charge < -0.3 is 41.6 Å². The SMILES string of the molecule is C[C@@H](OCc1cc(Cl)cc(-c2cc(NC(=O)[C@@H]3CNC(=O)C3)nn2-c2ccccc2)c1)C(F)(F)F.C[C@@H](OCc1cc(Cl)cc(/C(=C/C(=N)N)Nc2ccccc2)c1)C(F)(F)F.O=C1C[C@H](C(=O)O)CN1. The van der Waals surface area contributed by atoms with Crippen molar-refractivity contribution >= 4 is 69.9 Å². The van der Waals surface area contributed by atoms with Crippen LogP contribution in [0, 0.1) is 17.2 Å². The first-order valence-corrected chi connectivity index (χ1v) is 22.3. The third-order valence-corrected chi connectivity index (χ3v) is 10.9. The highest BCUT2D eigenvalue weighted by Gasteiger charge is 2.38. The van der Waals surface area contributed by atoms with Gasteiger partial charge >= 0.3 is 18.3 Å². The average molecular weight is 1030 g/mol. The lowest BCUT2D eigenvalue weighted by Gasteiger charge is -2.17. The van der Waals surface area contributed by atoms with Gasteiger partial charge in [-0.25, -0.2) is 4.68 Å². The molecule has 23 heteroatoms. The van der Waals surface area contributed by atoms with E-state index in [0.717, 1.165) is 19.5 Å². The normalized spacial score (nSPS) is 16.6. The van der Waals surface area contributed by atoms with Crippen LogP contribution in [0.3, 0.4) is 0 Å². The van der Waals surface area contributed by atoms with E-state index in [1.54, 1.807) is 35.0 Å². The van der Waals surface area contributed by atoms with Crippen LogP contribution in [0.2, 0.25) is 10.0 Å². The maximum atomic E-state index is 12.8. The van der Waals surface area contributed by atoms with Crippen molar-refractivity contribution in [2.75, 3.05) is 23.7 Å². The number of alkyl halides is 6. The monoisotopic (exact) mass is 1030 g/mol. The van der Waals surface area contributed by atoms with Crippen molar-refractivity contribution < 1.29 is 60.1 Å². The molecule has 2 fully saturated rings. The topological polar surface area (TPSA) is 223 Å².